The quantitative estimate of drug-likeness (QED) is 0.130. The summed E-state index contributed by atoms with van der Waals surface area (Å²) < 4.78 is 28.7. The summed E-state index contributed by atoms with van der Waals surface area (Å²) in [5.74, 6) is -2.25. The zero-order valence-electron chi connectivity index (χ0n) is 20.9. The molecule has 200 valence electrons. The van der Waals surface area contributed by atoms with E-state index in [0.717, 1.165) is 0 Å². The molecule has 11 heteroatoms. The van der Waals surface area contributed by atoms with Crippen LogP contribution in [0, 0.1) is 0 Å². The van der Waals surface area contributed by atoms with E-state index in [0.29, 0.717) is 0 Å². The second kappa shape index (κ2) is 13.2. The lowest BCUT2D eigenvalue weighted by Crippen LogP contribution is -2.62. The van der Waals surface area contributed by atoms with Gasteiger partial charge in [0.1, 0.15) is 6.10 Å². The predicted octanol–water partition coefficient (Wildman–Crippen LogP) is 4.34. The molecule has 1 aliphatic rings. The summed E-state index contributed by atoms with van der Waals surface area (Å²) in [5, 5.41) is 3.56. The smallest absolute Gasteiger partial charge is 0.338 e. The molecule has 0 N–H and O–H groups in total. The van der Waals surface area contributed by atoms with Gasteiger partial charge < -0.3 is 23.7 Å². The monoisotopic (exact) mass is 531 g/mol. The Bertz CT molecular complexity index is 1320. The third-order valence-electron chi connectivity index (χ3n) is 5.91. The van der Waals surface area contributed by atoms with Crippen molar-refractivity contribution in [2.45, 2.75) is 30.7 Å². The van der Waals surface area contributed by atoms with Crippen LogP contribution in [0.25, 0.3) is 10.4 Å². The zero-order chi connectivity index (χ0) is 27.6. The first-order chi connectivity index (χ1) is 19.0. The van der Waals surface area contributed by atoms with E-state index in [1.54, 1.807) is 91.0 Å². The largest absolute Gasteiger partial charge is 0.452 e. The van der Waals surface area contributed by atoms with Gasteiger partial charge in [-0.25, -0.2) is 14.4 Å². The van der Waals surface area contributed by atoms with Gasteiger partial charge in [0, 0.05) is 12.0 Å². The minimum absolute atomic E-state index is 0.214. The number of benzene rings is 3. The molecule has 0 spiro atoms. The highest BCUT2D eigenvalue weighted by atomic mass is 16.7. The molecule has 0 bridgehead atoms. The molecule has 0 amide bonds. The van der Waals surface area contributed by atoms with Gasteiger partial charge >= 0.3 is 17.9 Å². The number of ether oxygens (including phenoxy) is 5. The fourth-order valence-corrected chi connectivity index (χ4v) is 4.03. The van der Waals surface area contributed by atoms with E-state index in [9.17, 15) is 14.4 Å². The van der Waals surface area contributed by atoms with Crippen LogP contribution in [0.15, 0.2) is 96.1 Å². The van der Waals surface area contributed by atoms with Gasteiger partial charge in [-0.05, 0) is 41.9 Å². The molecule has 11 nitrogen and oxygen atoms in total. The van der Waals surface area contributed by atoms with E-state index < -0.39 is 48.6 Å². The number of nitrogens with zero attached hydrogens (tertiary/aromatic N) is 3. The van der Waals surface area contributed by atoms with Crippen LogP contribution in [0.5, 0.6) is 0 Å². The van der Waals surface area contributed by atoms with Crippen molar-refractivity contribution in [1.29, 1.82) is 0 Å². The van der Waals surface area contributed by atoms with Crippen LogP contribution in [-0.4, -0.2) is 62.3 Å². The van der Waals surface area contributed by atoms with Gasteiger partial charge in [-0.15, -0.1) is 0 Å². The Morgan fingerprint density at radius 3 is 1.54 bits per heavy atom. The Labute approximate surface area is 223 Å². The molecule has 0 saturated carbocycles. The van der Waals surface area contributed by atoms with Crippen LogP contribution in [-0.2, 0) is 23.7 Å². The number of esters is 3. The van der Waals surface area contributed by atoms with Gasteiger partial charge in [0.05, 0.1) is 23.2 Å². The minimum Gasteiger partial charge on any atom is -0.452 e. The van der Waals surface area contributed by atoms with Crippen LogP contribution in [0.4, 0.5) is 0 Å². The van der Waals surface area contributed by atoms with Crippen molar-refractivity contribution in [3.63, 3.8) is 0 Å². The first kappa shape index (κ1) is 27.3. The fraction of sp³-hybridized carbons (Fsp3) is 0.250. The van der Waals surface area contributed by atoms with Crippen molar-refractivity contribution in [1.82, 2.24) is 0 Å². The third-order valence-corrected chi connectivity index (χ3v) is 5.91. The molecule has 39 heavy (non-hydrogen) atoms. The van der Waals surface area contributed by atoms with Crippen LogP contribution >= 0.6 is 0 Å². The molecular formula is C28H25N3O8. The summed E-state index contributed by atoms with van der Waals surface area (Å²) >= 11 is 0. The maximum atomic E-state index is 13.2. The summed E-state index contributed by atoms with van der Waals surface area (Å²) in [6.45, 7) is -0.290. The predicted molar refractivity (Wildman–Crippen MR) is 137 cm³/mol. The standard InChI is InChI=1S/C28H25N3O8/c1-35-28-24(39-27(34)20-15-9-4-10-16-20)23(38-26(33)19-13-7-3-8-14-19)22(21(36-28)17-30-31-29)37-25(32)18-11-5-2-6-12-18/h2-16,21-24,28H,17H2,1H3/t21-,22-,23+,24-,28+/m1/s1. The van der Waals surface area contributed by atoms with E-state index in [1.165, 1.54) is 7.11 Å². The van der Waals surface area contributed by atoms with Gasteiger partial charge in [0.15, 0.2) is 24.6 Å². The average Bonchev–Trinajstić information content (AvgIpc) is 2.99. The lowest BCUT2D eigenvalue weighted by Gasteiger charge is -2.44. The Morgan fingerprint density at radius 1 is 0.718 bits per heavy atom. The first-order valence-electron chi connectivity index (χ1n) is 12.0. The van der Waals surface area contributed by atoms with E-state index in [4.69, 9.17) is 29.2 Å². The van der Waals surface area contributed by atoms with Gasteiger partial charge in [0.2, 0.25) is 0 Å². The highest BCUT2D eigenvalue weighted by Crippen LogP contribution is 2.31. The molecule has 3 aromatic rings. The highest BCUT2D eigenvalue weighted by molar-refractivity contribution is 5.91. The lowest BCUT2D eigenvalue weighted by molar-refractivity contribution is -0.285. The van der Waals surface area contributed by atoms with Crippen LogP contribution < -0.4 is 0 Å². The van der Waals surface area contributed by atoms with Crippen LogP contribution in [0.3, 0.4) is 0 Å². The van der Waals surface area contributed by atoms with E-state index in [-0.39, 0.29) is 23.2 Å². The molecule has 0 aliphatic carbocycles. The van der Waals surface area contributed by atoms with E-state index >= 15 is 0 Å². The molecule has 0 radical (unpaired) electrons. The first-order valence-corrected chi connectivity index (χ1v) is 12.0. The van der Waals surface area contributed by atoms with E-state index in [1.807, 2.05) is 0 Å². The maximum Gasteiger partial charge on any atom is 0.338 e. The Morgan fingerprint density at radius 2 is 1.13 bits per heavy atom. The number of carbonyl (C=O) groups is 3. The third kappa shape index (κ3) is 6.79. The summed E-state index contributed by atoms with van der Waals surface area (Å²) in [4.78, 5) is 42.0. The summed E-state index contributed by atoms with van der Waals surface area (Å²) in [7, 11) is 1.31. The number of rotatable bonds is 9. The van der Waals surface area contributed by atoms with Gasteiger partial charge in [-0.1, -0.05) is 59.7 Å². The van der Waals surface area contributed by atoms with Gasteiger partial charge in [0.25, 0.3) is 0 Å². The maximum absolute atomic E-state index is 13.2. The van der Waals surface area contributed by atoms with Gasteiger partial charge in [-0.3, -0.25) is 0 Å². The summed E-state index contributed by atoms with van der Waals surface area (Å²) in [6.07, 6.45) is -6.44. The molecule has 0 aromatic heterocycles. The molecule has 1 fully saturated rings. The summed E-state index contributed by atoms with van der Waals surface area (Å²) in [5.41, 5.74) is 9.60. The summed E-state index contributed by atoms with van der Waals surface area (Å²) in [6, 6.07) is 24.4. The number of hydrogen-bond donors (Lipinski definition) is 0. The van der Waals surface area contributed by atoms with Gasteiger partial charge in [-0.2, -0.15) is 0 Å². The second-order valence-electron chi connectivity index (χ2n) is 8.40. The zero-order valence-corrected chi connectivity index (χ0v) is 20.9. The average molecular weight is 532 g/mol. The Balaban J connectivity index is 1.72. The SMILES string of the molecule is CO[C@H]1O[C@H](CN=[N+]=[N-])[C@@H](OC(=O)c2ccccc2)[C@H](OC(=O)c2ccccc2)[C@H]1OC(=O)c1ccccc1. The molecule has 1 aliphatic heterocycles. The number of azide groups is 1. The highest BCUT2D eigenvalue weighted by Gasteiger charge is 2.52. The van der Waals surface area contributed by atoms with Crippen LogP contribution in [0.1, 0.15) is 31.1 Å². The normalized spacial score (nSPS) is 22.1. The fourth-order valence-electron chi connectivity index (χ4n) is 4.03. The molecule has 0 unspecified atom stereocenters. The lowest BCUT2D eigenvalue weighted by atomic mass is 9.97. The number of hydrogen-bond acceptors (Lipinski definition) is 9. The van der Waals surface area contributed by atoms with E-state index in [2.05, 4.69) is 10.0 Å². The number of carbonyl (C=O) groups excluding carboxylic acids is 3. The van der Waals surface area contributed by atoms with Crippen molar-refractivity contribution in [3.05, 3.63) is 118 Å². The van der Waals surface area contributed by atoms with Crippen molar-refractivity contribution in [2.24, 2.45) is 5.11 Å². The Kier molecular flexibility index (Phi) is 9.25. The van der Waals surface area contributed by atoms with Crippen molar-refractivity contribution < 1.29 is 38.1 Å². The Hall–Kier alpha value is -4.70. The number of methoxy groups -OCH3 is 1. The molecule has 4 rings (SSSR count). The molecule has 3 aromatic carbocycles. The van der Waals surface area contributed by atoms with Crippen molar-refractivity contribution in [2.75, 3.05) is 13.7 Å². The van der Waals surface area contributed by atoms with Crippen LogP contribution in [0.2, 0.25) is 0 Å². The topological polar surface area (TPSA) is 146 Å². The molecule has 1 saturated heterocycles. The minimum atomic E-state index is -1.39. The molecule has 5 atom stereocenters. The van der Waals surface area contributed by atoms with Crippen molar-refractivity contribution >= 4 is 17.9 Å². The second-order valence-corrected chi connectivity index (χ2v) is 8.40. The molecular weight excluding hydrogens is 506 g/mol. The van der Waals surface area contributed by atoms with Crippen molar-refractivity contribution in [3.8, 4) is 0 Å². The molecule has 1 heterocycles.